The number of amides is 1. The number of nitrogen functional groups attached to an aromatic ring is 1. The number of ketones is 1. The van der Waals surface area contributed by atoms with E-state index in [1.807, 2.05) is 48.5 Å². The van der Waals surface area contributed by atoms with Gasteiger partial charge in [0.25, 0.3) is 0 Å². The maximum Gasteiger partial charge on any atom is 0.223 e. The van der Waals surface area contributed by atoms with E-state index in [1.165, 1.54) is 11.3 Å². The number of carbonyl (C=O) groups excluding carboxylic acids is 2. The molecule has 1 aromatic heterocycles. The van der Waals surface area contributed by atoms with Gasteiger partial charge in [-0.05, 0) is 41.8 Å². The molecule has 0 atom stereocenters. The van der Waals surface area contributed by atoms with E-state index in [0.717, 1.165) is 28.1 Å². The number of fused-ring (bicyclic) bond motifs is 1. The molecule has 2 heterocycles. The Morgan fingerprint density at radius 2 is 1.85 bits per heavy atom. The fourth-order valence-electron chi connectivity index (χ4n) is 3.35. The summed E-state index contributed by atoms with van der Waals surface area (Å²) in [6.07, 6.45) is 0.768. The van der Waals surface area contributed by atoms with Crippen LogP contribution in [0.25, 0.3) is 10.4 Å². The van der Waals surface area contributed by atoms with Gasteiger partial charge in [-0.2, -0.15) is 0 Å². The second-order valence-electron chi connectivity index (χ2n) is 6.35. The fourth-order valence-corrected chi connectivity index (χ4v) is 4.28. The number of nitrogens with zero attached hydrogens (tertiary/aromatic N) is 1. The van der Waals surface area contributed by atoms with Crippen LogP contribution in [0.4, 0.5) is 10.7 Å². The third kappa shape index (κ3) is 2.80. The largest absolute Gasteiger partial charge is 0.390 e. The highest BCUT2D eigenvalue weighted by Gasteiger charge is 2.24. The van der Waals surface area contributed by atoms with Gasteiger partial charge in [-0.25, -0.2) is 0 Å². The highest BCUT2D eigenvalue weighted by molar-refractivity contribution is 7.19. The summed E-state index contributed by atoms with van der Waals surface area (Å²) in [6, 6.07) is 17.3. The van der Waals surface area contributed by atoms with Gasteiger partial charge in [0.1, 0.15) is 0 Å². The molecule has 0 spiro atoms. The molecule has 0 saturated heterocycles. The zero-order valence-electron chi connectivity index (χ0n) is 14.4. The number of anilines is 2. The summed E-state index contributed by atoms with van der Waals surface area (Å²) >= 11 is 1.42. The van der Waals surface area contributed by atoms with Crippen LogP contribution in [0, 0.1) is 0 Å². The number of hydrogen-bond donors (Lipinski definition) is 1. The summed E-state index contributed by atoms with van der Waals surface area (Å²) in [5, 5.41) is 0.528. The molecular formula is C21H18N2O2S. The Bertz CT molecular complexity index is 1010. The van der Waals surface area contributed by atoms with E-state index in [2.05, 4.69) is 0 Å². The molecule has 3 aromatic rings. The van der Waals surface area contributed by atoms with Crippen molar-refractivity contribution in [2.24, 2.45) is 0 Å². The lowest BCUT2D eigenvalue weighted by Gasteiger charge is -2.14. The summed E-state index contributed by atoms with van der Waals surface area (Å²) in [5.41, 5.74) is 10.3. The van der Waals surface area contributed by atoms with Gasteiger partial charge in [-0.15, -0.1) is 11.3 Å². The maximum atomic E-state index is 13.0. The predicted molar refractivity (Wildman–Crippen MR) is 106 cm³/mol. The molecule has 130 valence electrons. The summed E-state index contributed by atoms with van der Waals surface area (Å²) in [5.74, 6) is -0.0533. The Morgan fingerprint density at radius 1 is 1.08 bits per heavy atom. The molecule has 0 fully saturated rings. The highest BCUT2D eigenvalue weighted by Crippen LogP contribution is 2.35. The van der Waals surface area contributed by atoms with Crippen LogP contribution in [0.15, 0.2) is 54.6 Å². The Balaban J connectivity index is 1.67. The van der Waals surface area contributed by atoms with Crippen LogP contribution >= 0.6 is 11.3 Å². The van der Waals surface area contributed by atoms with Crippen molar-refractivity contribution in [3.8, 4) is 10.4 Å². The molecule has 0 saturated carbocycles. The Morgan fingerprint density at radius 3 is 2.58 bits per heavy atom. The van der Waals surface area contributed by atoms with Crippen LogP contribution in [0.5, 0.6) is 0 Å². The molecule has 1 aliphatic heterocycles. The van der Waals surface area contributed by atoms with Gasteiger partial charge in [0.2, 0.25) is 5.91 Å². The number of thiophene rings is 1. The molecule has 4 nitrogen and oxygen atoms in total. The Labute approximate surface area is 155 Å². The van der Waals surface area contributed by atoms with E-state index >= 15 is 0 Å². The monoisotopic (exact) mass is 362 g/mol. The second kappa shape index (κ2) is 6.42. The smallest absolute Gasteiger partial charge is 0.223 e. The van der Waals surface area contributed by atoms with Gasteiger partial charge in [-0.1, -0.05) is 30.3 Å². The fraction of sp³-hybridized carbons (Fsp3) is 0.143. The second-order valence-corrected chi connectivity index (χ2v) is 7.43. The first-order valence-corrected chi connectivity index (χ1v) is 9.26. The molecule has 0 bridgehead atoms. The summed E-state index contributed by atoms with van der Waals surface area (Å²) in [4.78, 5) is 27.4. The van der Waals surface area contributed by atoms with Crippen LogP contribution < -0.4 is 10.6 Å². The van der Waals surface area contributed by atoms with Crippen LogP contribution in [0.1, 0.15) is 28.4 Å². The van der Waals surface area contributed by atoms with E-state index in [1.54, 1.807) is 17.9 Å². The van der Waals surface area contributed by atoms with E-state index < -0.39 is 0 Å². The molecule has 4 rings (SSSR count). The maximum absolute atomic E-state index is 13.0. The van der Waals surface area contributed by atoms with Crippen LogP contribution in [0.3, 0.4) is 0 Å². The third-order valence-electron chi connectivity index (χ3n) is 4.68. The topological polar surface area (TPSA) is 63.4 Å². The predicted octanol–water partition coefficient (Wildman–Crippen LogP) is 4.14. The number of nitrogens with two attached hydrogens (primary N) is 1. The van der Waals surface area contributed by atoms with Gasteiger partial charge in [0.05, 0.1) is 10.6 Å². The molecular weight excluding hydrogens is 344 g/mol. The molecule has 2 aromatic carbocycles. The van der Waals surface area contributed by atoms with Crippen molar-refractivity contribution in [3.63, 3.8) is 0 Å². The number of rotatable bonds is 3. The molecule has 0 aliphatic carbocycles. The van der Waals surface area contributed by atoms with Gasteiger partial charge in [-0.3, -0.25) is 9.59 Å². The normalized spacial score (nSPS) is 12.9. The molecule has 1 amide bonds. The average molecular weight is 362 g/mol. The van der Waals surface area contributed by atoms with Gasteiger partial charge < -0.3 is 10.6 Å². The van der Waals surface area contributed by atoms with E-state index in [0.29, 0.717) is 22.7 Å². The van der Waals surface area contributed by atoms with Crippen LogP contribution in [-0.2, 0) is 11.2 Å². The zero-order valence-corrected chi connectivity index (χ0v) is 15.2. The molecule has 5 heteroatoms. The number of carbonyl (C=O) groups is 2. The number of hydrogen-bond acceptors (Lipinski definition) is 4. The van der Waals surface area contributed by atoms with E-state index in [4.69, 9.17) is 5.73 Å². The first-order valence-electron chi connectivity index (χ1n) is 8.45. The van der Waals surface area contributed by atoms with Crippen LogP contribution in [0.2, 0.25) is 0 Å². The molecule has 2 N–H and O–H groups in total. The third-order valence-corrected chi connectivity index (χ3v) is 5.69. The lowest BCUT2D eigenvalue weighted by Crippen LogP contribution is -2.25. The lowest BCUT2D eigenvalue weighted by atomic mass is 10.0. The molecule has 1 aliphatic rings. The molecule has 26 heavy (non-hydrogen) atoms. The first-order chi connectivity index (χ1) is 12.5. The van der Waals surface area contributed by atoms with Crippen molar-refractivity contribution in [1.82, 2.24) is 0 Å². The first kappa shape index (κ1) is 16.5. The minimum Gasteiger partial charge on any atom is -0.390 e. The standard InChI is InChI=1S/C21H18N2O2S/c1-13(24)23-10-9-15-11-16(7-8-18(15)23)20(25)17-12-19(26-21(17)22)14-5-3-2-4-6-14/h2-8,11-12H,9-10,22H2,1H3. The van der Waals surface area contributed by atoms with Crippen molar-refractivity contribution in [2.75, 3.05) is 17.2 Å². The summed E-state index contributed by atoms with van der Waals surface area (Å²) in [6.45, 7) is 2.23. The van der Waals surface area contributed by atoms with Crippen molar-refractivity contribution in [1.29, 1.82) is 0 Å². The summed E-state index contributed by atoms with van der Waals surface area (Å²) in [7, 11) is 0. The SMILES string of the molecule is CC(=O)N1CCc2cc(C(=O)c3cc(-c4ccccc4)sc3N)ccc21. The minimum atomic E-state index is -0.0787. The zero-order chi connectivity index (χ0) is 18.3. The Kier molecular flexibility index (Phi) is 4.09. The van der Waals surface area contributed by atoms with E-state index in [9.17, 15) is 9.59 Å². The van der Waals surface area contributed by atoms with E-state index in [-0.39, 0.29) is 11.7 Å². The minimum absolute atomic E-state index is 0.0254. The van der Waals surface area contributed by atoms with Crippen molar-refractivity contribution in [3.05, 3.63) is 71.3 Å². The highest BCUT2D eigenvalue weighted by atomic mass is 32.1. The van der Waals surface area contributed by atoms with Crippen molar-refractivity contribution >= 4 is 33.7 Å². The average Bonchev–Trinajstić information content (AvgIpc) is 3.25. The van der Waals surface area contributed by atoms with Crippen LogP contribution in [-0.4, -0.2) is 18.2 Å². The summed E-state index contributed by atoms with van der Waals surface area (Å²) < 4.78 is 0. The molecule has 0 unspecified atom stereocenters. The number of benzene rings is 2. The van der Waals surface area contributed by atoms with Crippen molar-refractivity contribution in [2.45, 2.75) is 13.3 Å². The molecule has 0 radical (unpaired) electrons. The van der Waals surface area contributed by atoms with Gasteiger partial charge in [0.15, 0.2) is 5.78 Å². The Hall–Kier alpha value is -2.92. The lowest BCUT2D eigenvalue weighted by molar-refractivity contribution is -0.116. The van der Waals surface area contributed by atoms with Gasteiger partial charge >= 0.3 is 0 Å². The quantitative estimate of drug-likeness (QED) is 0.712. The van der Waals surface area contributed by atoms with Crippen molar-refractivity contribution < 1.29 is 9.59 Å². The van der Waals surface area contributed by atoms with Gasteiger partial charge in [0, 0.05) is 29.6 Å².